The topological polar surface area (TPSA) is 15.7 Å². The number of nitrogens with zero attached hydrogens (tertiary/aromatic N) is 2. The molecule has 2 unspecified atom stereocenters. The highest BCUT2D eigenvalue weighted by Gasteiger charge is 2.35. The summed E-state index contributed by atoms with van der Waals surface area (Å²) in [5.74, 6) is 7.86. The molecule has 2 saturated heterocycles. The van der Waals surface area contributed by atoms with Crippen molar-refractivity contribution in [3.63, 3.8) is 0 Å². The molecular formula is C17H20N2O. The maximum absolute atomic E-state index is 5.88. The van der Waals surface area contributed by atoms with Crippen LogP contribution in [0, 0.1) is 17.8 Å². The third kappa shape index (κ3) is 2.05. The molecule has 4 aliphatic rings. The lowest BCUT2D eigenvalue weighted by Gasteiger charge is -2.37. The summed E-state index contributed by atoms with van der Waals surface area (Å²) in [7, 11) is 0. The Morgan fingerprint density at radius 2 is 2.30 bits per heavy atom. The average molecular weight is 268 g/mol. The molecule has 0 aromatic carbocycles. The lowest BCUT2D eigenvalue weighted by Crippen LogP contribution is -2.43. The molecule has 2 fully saturated rings. The van der Waals surface area contributed by atoms with Crippen molar-refractivity contribution < 1.29 is 4.74 Å². The van der Waals surface area contributed by atoms with Crippen LogP contribution in [0.25, 0.3) is 0 Å². The lowest BCUT2D eigenvalue weighted by atomic mass is 9.95. The van der Waals surface area contributed by atoms with E-state index in [1.54, 1.807) is 0 Å². The number of piperidine rings is 1. The first kappa shape index (κ1) is 12.1. The number of fused-ring (bicyclic) bond motifs is 3. The van der Waals surface area contributed by atoms with Crippen LogP contribution in [0.4, 0.5) is 0 Å². The molecule has 0 radical (unpaired) electrons. The summed E-state index contributed by atoms with van der Waals surface area (Å²) in [5, 5.41) is 0. The van der Waals surface area contributed by atoms with E-state index in [0.717, 1.165) is 11.7 Å². The normalized spacial score (nSPS) is 37.5. The van der Waals surface area contributed by atoms with Crippen molar-refractivity contribution in [2.24, 2.45) is 5.92 Å². The van der Waals surface area contributed by atoms with Gasteiger partial charge in [0.05, 0.1) is 0 Å². The SMILES string of the molecule is CC#CC1C=C2C=CN([C@@H]3C[C@H]4CCN(C4)C3)C=C2O1. The van der Waals surface area contributed by atoms with Crippen LogP contribution in [-0.2, 0) is 4.74 Å². The Kier molecular flexibility index (Phi) is 2.85. The monoisotopic (exact) mass is 268 g/mol. The summed E-state index contributed by atoms with van der Waals surface area (Å²) < 4.78 is 5.88. The van der Waals surface area contributed by atoms with Gasteiger partial charge in [0.1, 0.15) is 5.76 Å². The maximum Gasteiger partial charge on any atom is 0.178 e. The molecule has 104 valence electrons. The molecule has 4 aliphatic heterocycles. The Labute approximate surface area is 120 Å². The minimum atomic E-state index is -0.0721. The van der Waals surface area contributed by atoms with Gasteiger partial charge in [0.2, 0.25) is 0 Å². The zero-order valence-electron chi connectivity index (χ0n) is 11.9. The van der Waals surface area contributed by atoms with Crippen LogP contribution in [0.15, 0.2) is 35.9 Å². The third-order valence-electron chi connectivity index (χ3n) is 4.71. The summed E-state index contributed by atoms with van der Waals surface area (Å²) in [5.41, 5.74) is 1.17. The van der Waals surface area contributed by atoms with Crippen LogP contribution in [0.3, 0.4) is 0 Å². The number of allylic oxidation sites excluding steroid dienone is 1. The van der Waals surface area contributed by atoms with Gasteiger partial charge in [0, 0.05) is 37.1 Å². The van der Waals surface area contributed by atoms with Crippen LogP contribution in [0.1, 0.15) is 19.8 Å². The smallest absolute Gasteiger partial charge is 0.178 e. The van der Waals surface area contributed by atoms with Crippen molar-refractivity contribution in [2.75, 3.05) is 19.6 Å². The molecule has 4 rings (SSSR count). The molecule has 4 atom stereocenters. The molecule has 0 N–H and O–H groups in total. The molecule has 0 amide bonds. The molecule has 0 spiro atoms. The van der Waals surface area contributed by atoms with E-state index in [4.69, 9.17) is 4.74 Å². The summed E-state index contributed by atoms with van der Waals surface area (Å²) >= 11 is 0. The minimum Gasteiger partial charge on any atom is -0.471 e. The number of rotatable bonds is 1. The fourth-order valence-electron chi connectivity index (χ4n) is 3.76. The van der Waals surface area contributed by atoms with E-state index < -0.39 is 0 Å². The molecule has 0 aromatic heterocycles. The Balaban J connectivity index is 1.51. The summed E-state index contributed by atoms with van der Waals surface area (Å²) in [6, 6.07) is 0.599. The average Bonchev–Trinajstić information content (AvgIpc) is 3.01. The molecular weight excluding hydrogens is 248 g/mol. The summed E-state index contributed by atoms with van der Waals surface area (Å²) in [6.07, 6.45) is 11.2. The van der Waals surface area contributed by atoms with E-state index in [1.165, 1.54) is 38.0 Å². The third-order valence-corrected chi connectivity index (χ3v) is 4.71. The zero-order chi connectivity index (χ0) is 13.5. The predicted octanol–water partition coefficient (Wildman–Crippen LogP) is 2.10. The van der Waals surface area contributed by atoms with Crippen LogP contribution in [-0.4, -0.2) is 41.6 Å². The minimum absolute atomic E-state index is 0.0721. The van der Waals surface area contributed by atoms with Gasteiger partial charge in [-0.1, -0.05) is 5.92 Å². The fourth-order valence-corrected chi connectivity index (χ4v) is 3.76. The molecule has 0 aliphatic carbocycles. The highest BCUT2D eigenvalue weighted by molar-refractivity contribution is 5.45. The Hall–Kier alpha value is -1.66. The van der Waals surface area contributed by atoms with E-state index in [1.807, 2.05) is 6.92 Å². The van der Waals surface area contributed by atoms with Gasteiger partial charge >= 0.3 is 0 Å². The van der Waals surface area contributed by atoms with E-state index >= 15 is 0 Å². The van der Waals surface area contributed by atoms with Crippen molar-refractivity contribution in [3.8, 4) is 11.8 Å². The van der Waals surface area contributed by atoms with Gasteiger partial charge in [-0.2, -0.15) is 0 Å². The first-order chi connectivity index (χ1) is 9.81. The summed E-state index contributed by atoms with van der Waals surface area (Å²) in [6.45, 7) is 5.63. The fraction of sp³-hybridized carbons (Fsp3) is 0.529. The number of hydrogen-bond acceptors (Lipinski definition) is 3. The molecule has 0 aromatic rings. The van der Waals surface area contributed by atoms with Gasteiger partial charge in [0.15, 0.2) is 6.10 Å². The van der Waals surface area contributed by atoms with Crippen LogP contribution >= 0.6 is 0 Å². The second-order valence-corrected chi connectivity index (χ2v) is 6.11. The Morgan fingerprint density at radius 3 is 3.15 bits per heavy atom. The summed E-state index contributed by atoms with van der Waals surface area (Å²) in [4.78, 5) is 4.94. The molecule has 4 heterocycles. The van der Waals surface area contributed by atoms with Gasteiger partial charge in [-0.05, 0) is 44.4 Å². The van der Waals surface area contributed by atoms with Crippen molar-refractivity contribution in [2.45, 2.75) is 31.9 Å². The lowest BCUT2D eigenvalue weighted by molar-refractivity contribution is 0.163. The Bertz CT molecular complexity index is 551. The zero-order valence-corrected chi connectivity index (χ0v) is 11.9. The van der Waals surface area contributed by atoms with E-state index in [0.29, 0.717) is 6.04 Å². The van der Waals surface area contributed by atoms with E-state index in [9.17, 15) is 0 Å². The van der Waals surface area contributed by atoms with Crippen LogP contribution in [0.2, 0.25) is 0 Å². The van der Waals surface area contributed by atoms with Crippen LogP contribution < -0.4 is 0 Å². The van der Waals surface area contributed by atoms with Crippen molar-refractivity contribution in [1.82, 2.24) is 9.80 Å². The molecule has 3 nitrogen and oxygen atoms in total. The van der Waals surface area contributed by atoms with E-state index in [2.05, 4.69) is 46.2 Å². The largest absolute Gasteiger partial charge is 0.471 e. The highest BCUT2D eigenvalue weighted by atomic mass is 16.5. The molecule has 2 bridgehead atoms. The standard InChI is InChI=1S/C17H20N2O/c1-2-3-16-9-14-5-7-19(12-17(14)20-16)15-8-13-4-6-18(10-13)11-15/h5,7,9,12-13,15-16H,4,6,8,10-11H2,1H3/t13-,15-,16?/m1/s1. The first-order valence-electron chi connectivity index (χ1n) is 7.53. The van der Waals surface area contributed by atoms with Gasteiger partial charge in [0.25, 0.3) is 0 Å². The predicted molar refractivity (Wildman–Crippen MR) is 78.4 cm³/mol. The maximum atomic E-state index is 5.88. The second-order valence-electron chi connectivity index (χ2n) is 6.11. The number of hydrogen-bond donors (Lipinski definition) is 0. The van der Waals surface area contributed by atoms with Crippen molar-refractivity contribution in [1.29, 1.82) is 0 Å². The first-order valence-corrected chi connectivity index (χ1v) is 7.53. The second kappa shape index (κ2) is 4.71. The van der Waals surface area contributed by atoms with Crippen LogP contribution in [0.5, 0.6) is 0 Å². The number of ether oxygens (including phenoxy) is 1. The molecule has 20 heavy (non-hydrogen) atoms. The van der Waals surface area contributed by atoms with Crippen molar-refractivity contribution in [3.05, 3.63) is 35.9 Å². The highest BCUT2D eigenvalue weighted by Crippen LogP contribution is 2.33. The Morgan fingerprint density at radius 1 is 1.35 bits per heavy atom. The van der Waals surface area contributed by atoms with Gasteiger partial charge in [-0.25, -0.2) is 0 Å². The van der Waals surface area contributed by atoms with E-state index in [-0.39, 0.29) is 6.10 Å². The quantitative estimate of drug-likeness (QED) is 0.677. The van der Waals surface area contributed by atoms with Crippen molar-refractivity contribution >= 4 is 0 Å². The van der Waals surface area contributed by atoms with Gasteiger partial charge in [-0.15, -0.1) is 5.92 Å². The molecule has 3 heteroatoms. The van der Waals surface area contributed by atoms with Gasteiger partial charge < -0.3 is 14.5 Å². The van der Waals surface area contributed by atoms with Gasteiger partial charge in [-0.3, -0.25) is 0 Å². The molecule has 0 saturated carbocycles.